The van der Waals surface area contributed by atoms with Gasteiger partial charge in [0.25, 0.3) is 0 Å². The van der Waals surface area contributed by atoms with Gasteiger partial charge in [0.2, 0.25) is 0 Å². The fraction of sp³-hybridized carbons (Fsp3) is 0. The molecule has 4 heteroatoms. The molecule has 0 spiro atoms. The van der Waals surface area contributed by atoms with Crippen molar-refractivity contribution in [3.63, 3.8) is 0 Å². The van der Waals surface area contributed by atoms with E-state index < -0.39 is 5.82 Å². The van der Waals surface area contributed by atoms with Crippen LogP contribution in [0.15, 0.2) is 40.9 Å². The fourth-order valence-corrected chi connectivity index (χ4v) is 2.13. The highest BCUT2D eigenvalue weighted by Gasteiger charge is 2.11. The normalized spacial score (nSPS) is 10.3. The Labute approximate surface area is 111 Å². The molecule has 0 atom stereocenters. The maximum Gasteiger partial charge on any atom is 0.150 e. The summed E-state index contributed by atoms with van der Waals surface area (Å²) >= 11 is 8.91. The van der Waals surface area contributed by atoms with Crippen LogP contribution in [-0.4, -0.2) is 6.29 Å². The van der Waals surface area contributed by atoms with Crippen LogP contribution in [0.5, 0.6) is 0 Å². The maximum absolute atomic E-state index is 13.9. The van der Waals surface area contributed by atoms with Crippen LogP contribution < -0.4 is 0 Å². The summed E-state index contributed by atoms with van der Waals surface area (Å²) in [6.45, 7) is 0. The van der Waals surface area contributed by atoms with Gasteiger partial charge in [0.15, 0.2) is 6.29 Å². The van der Waals surface area contributed by atoms with Crippen LogP contribution in [0.25, 0.3) is 11.1 Å². The second kappa shape index (κ2) is 4.98. The zero-order valence-electron chi connectivity index (χ0n) is 8.58. The third-order valence-corrected chi connectivity index (χ3v) is 3.23. The second-order valence-corrected chi connectivity index (χ2v) is 4.74. The Kier molecular flexibility index (Phi) is 3.60. The van der Waals surface area contributed by atoms with Crippen LogP contribution in [0, 0.1) is 5.82 Å². The van der Waals surface area contributed by atoms with Gasteiger partial charge in [-0.25, -0.2) is 4.39 Å². The molecule has 0 aromatic heterocycles. The number of halogens is 3. The minimum absolute atomic E-state index is 0.363. The van der Waals surface area contributed by atoms with Crippen molar-refractivity contribution in [2.24, 2.45) is 0 Å². The first-order valence-corrected chi connectivity index (χ1v) is 5.99. The summed E-state index contributed by atoms with van der Waals surface area (Å²) in [7, 11) is 0. The van der Waals surface area contributed by atoms with Gasteiger partial charge in [-0.3, -0.25) is 4.79 Å². The van der Waals surface area contributed by atoms with Gasteiger partial charge in [0, 0.05) is 16.1 Å². The minimum Gasteiger partial charge on any atom is -0.298 e. The van der Waals surface area contributed by atoms with Crippen molar-refractivity contribution in [3.05, 3.63) is 57.3 Å². The van der Waals surface area contributed by atoms with Crippen molar-refractivity contribution in [2.75, 3.05) is 0 Å². The number of benzene rings is 2. The molecular weight excluding hydrogens is 306 g/mol. The van der Waals surface area contributed by atoms with Crippen molar-refractivity contribution in [1.82, 2.24) is 0 Å². The van der Waals surface area contributed by atoms with E-state index in [0.29, 0.717) is 32.5 Å². The predicted octanol–water partition coefficient (Wildman–Crippen LogP) is 4.72. The first-order chi connectivity index (χ1) is 8.13. The summed E-state index contributed by atoms with van der Waals surface area (Å²) in [5.41, 5.74) is 1.27. The lowest BCUT2D eigenvalue weighted by Crippen LogP contribution is -1.91. The van der Waals surface area contributed by atoms with E-state index in [-0.39, 0.29) is 0 Å². The van der Waals surface area contributed by atoms with Crippen LogP contribution in [0.2, 0.25) is 5.02 Å². The molecule has 17 heavy (non-hydrogen) atoms. The standard InChI is InChI=1S/C13H7BrClFO/c14-12-3-1-2-11(13(12)16)10-5-4-9(15)6-8(10)7-17/h1-7H. The van der Waals surface area contributed by atoms with E-state index in [1.165, 1.54) is 6.07 Å². The third kappa shape index (κ3) is 2.40. The molecule has 2 aromatic carbocycles. The Morgan fingerprint density at radius 2 is 1.94 bits per heavy atom. The summed E-state index contributed by atoms with van der Waals surface area (Å²) in [5.74, 6) is -0.391. The number of aldehydes is 1. The third-order valence-electron chi connectivity index (χ3n) is 2.38. The first kappa shape index (κ1) is 12.3. The van der Waals surface area contributed by atoms with E-state index >= 15 is 0 Å². The predicted molar refractivity (Wildman–Crippen MR) is 69.9 cm³/mol. The monoisotopic (exact) mass is 312 g/mol. The van der Waals surface area contributed by atoms with Crippen molar-refractivity contribution < 1.29 is 9.18 Å². The van der Waals surface area contributed by atoms with Crippen molar-refractivity contribution in [1.29, 1.82) is 0 Å². The van der Waals surface area contributed by atoms with Crippen molar-refractivity contribution in [2.45, 2.75) is 0 Å². The molecule has 0 unspecified atom stereocenters. The van der Waals surface area contributed by atoms with Gasteiger partial charge in [0.1, 0.15) is 5.82 Å². The van der Waals surface area contributed by atoms with Gasteiger partial charge >= 0.3 is 0 Å². The SMILES string of the molecule is O=Cc1cc(Cl)ccc1-c1cccc(Br)c1F. The van der Waals surface area contributed by atoms with Crippen LogP contribution in [0.4, 0.5) is 4.39 Å². The molecule has 0 bridgehead atoms. The Bertz CT molecular complexity index is 584. The van der Waals surface area contributed by atoms with Gasteiger partial charge in [0.05, 0.1) is 4.47 Å². The molecule has 0 aliphatic heterocycles. The summed E-state index contributed by atoms with van der Waals surface area (Å²) in [6, 6.07) is 9.72. The topological polar surface area (TPSA) is 17.1 Å². The van der Waals surface area contributed by atoms with Crippen LogP contribution in [0.3, 0.4) is 0 Å². The highest BCUT2D eigenvalue weighted by Crippen LogP contribution is 2.30. The van der Waals surface area contributed by atoms with Gasteiger partial charge < -0.3 is 0 Å². The molecule has 0 saturated heterocycles. The lowest BCUT2D eigenvalue weighted by atomic mass is 10.00. The van der Waals surface area contributed by atoms with Crippen LogP contribution in [0.1, 0.15) is 10.4 Å². The van der Waals surface area contributed by atoms with Gasteiger partial charge in [-0.1, -0.05) is 29.8 Å². The zero-order valence-corrected chi connectivity index (χ0v) is 10.9. The van der Waals surface area contributed by atoms with E-state index in [4.69, 9.17) is 11.6 Å². The molecule has 0 aliphatic carbocycles. The quantitative estimate of drug-likeness (QED) is 0.733. The van der Waals surface area contributed by atoms with Crippen LogP contribution in [-0.2, 0) is 0 Å². The Balaban J connectivity index is 2.68. The van der Waals surface area contributed by atoms with E-state index in [1.54, 1.807) is 30.3 Å². The summed E-state index contributed by atoms with van der Waals surface area (Å²) in [4.78, 5) is 11.0. The average Bonchev–Trinajstić information content (AvgIpc) is 2.33. The summed E-state index contributed by atoms with van der Waals surface area (Å²) < 4.78 is 14.3. The Morgan fingerprint density at radius 3 is 2.65 bits per heavy atom. The van der Waals surface area contributed by atoms with Gasteiger partial charge in [-0.15, -0.1) is 0 Å². The largest absolute Gasteiger partial charge is 0.298 e. The number of rotatable bonds is 2. The molecule has 0 heterocycles. The van der Waals surface area contributed by atoms with E-state index in [2.05, 4.69) is 15.9 Å². The smallest absolute Gasteiger partial charge is 0.150 e. The molecule has 86 valence electrons. The van der Waals surface area contributed by atoms with Gasteiger partial charge in [-0.05, 0) is 39.7 Å². The number of hydrogen-bond acceptors (Lipinski definition) is 1. The number of carbonyl (C=O) groups excluding carboxylic acids is 1. The van der Waals surface area contributed by atoms with Gasteiger partial charge in [-0.2, -0.15) is 0 Å². The molecular formula is C13H7BrClFO. The minimum atomic E-state index is -0.391. The lowest BCUT2D eigenvalue weighted by molar-refractivity contribution is 0.112. The number of hydrogen-bond donors (Lipinski definition) is 0. The maximum atomic E-state index is 13.9. The molecule has 0 radical (unpaired) electrons. The number of carbonyl (C=O) groups is 1. The lowest BCUT2D eigenvalue weighted by Gasteiger charge is -2.07. The molecule has 0 aliphatic rings. The molecule has 2 rings (SSSR count). The molecule has 1 nitrogen and oxygen atoms in total. The molecule has 2 aromatic rings. The highest BCUT2D eigenvalue weighted by molar-refractivity contribution is 9.10. The van der Waals surface area contributed by atoms with Crippen molar-refractivity contribution in [3.8, 4) is 11.1 Å². The van der Waals surface area contributed by atoms with E-state index in [9.17, 15) is 9.18 Å². The highest BCUT2D eigenvalue weighted by atomic mass is 79.9. The van der Waals surface area contributed by atoms with E-state index in [0.717, 1.165) is 0 Å². The van der Waals surface area contributed by atoms with E-state index in [1.807, 2.05) is 0 Å². The zero-order chi connectivity index (χ0) is 12.4. The van der Waals surface area contributed by atoms with Crippen molar-refractivity contribution >= 4 is 33.8 Å². The molecule has 0 N–H and O–H groups in total. The average molecular weight is 314 g/mol. The molecule has 0 saturated carbocycles. The molecule has 0 fully saturated rings. The summed E-state index contributed by atoms with van der Waals surface area (Å²) in [5, 5.41) is 0.450. The summed E-state index contributed by atoms with van der Waals surface area (Å²) in [6.07, 6.45) is 0.668. The fourth-order valence-electron chi connectivity index (χ4n) is 1.59. The first-order valence-electron chi connectivity index (χ1n) is 4.82. The Hall–Kier alpha value is -1.19. The Morgan fingerprint density at radius 1 is 1.18 bits per heavy atom. The second-order valence-electron chi connectivity index (χ2n) is 3.45. The molecule has 0 amide bonds. The van der Waals surface area contributed by atoms with Crippen LogP contribution >= 0.6 is 27.5 Å².